The van der Waals surface area contributed by atoms with E-state index in [1.54, 1.807) is 11.1 Å². The van der Waals surface area contributed by atoms with Crippen LogP contribution in [-0.2, 0) is 16.0 Å². The number of benzene rings is 1. The Bertz CT molecular complexity index is 828. The molecule has 1 aromatic carbocycles. The Kier molecular flexibility index (Phi) is 6.68. The van der Waals surface area contributed by atoms with Crippen LogP contribution < -0.4 is 0 Å². The summed E-state index contributed by atoms with van der Waals surface area (Å²) in [6.07, 6.45) is 3.42. The highest BCUT2D eigenvalue weighted by Crippen LogP contribution is 2.38. The number of likely N-dealkylation sites (tertiary alicyclic amines) is 1. The van der Waals surface area contributed by atoms with Crippen molar-refractivity contribution >= 4 is 23.4 Å². The third kappa shape index (κ3) is 4.53. The van der Waals surface area contributed by atoms with Gasteiger partial charge in [-0.25, -0.2) is 0 Å². The van der Waals surface area contributed by atoms with Crippen molar-refractivity contribution in [2.75, 3.05) is 20.1 Å². The Morgan fingerprint density at radius 3 is 2.79 bits per heavy atom. The van der Waals surface area contributed by atoms with E-state index in [0.29, 0.717) is 37.4 Å². The molecular formula is C22H26ClN3O2. The molecule has 3 rings (SSSR count). The lowest BCUT2D eigenvalue weighted by atomic mass is 9.83. The molecular weight excluding hydrogens is 374 g/mol. The number of amides is 2. The first-order valence-electron chi connectivity index (χ1n) is 9.71. The summed E-state index contributed by atoms with van der Waals surface area (Å²) >= 11 is 6.19. The van der Waals surface area contributed by atoms with E-state index in [0.717, 1.165) is 11.3 Å². The zero-order valence-corrected chi connectivity index (χ0v) is 17.1. The van der Waals surface area contributed by atoms with E-state index in [-0.39, 0.29) is 23.8 Å². The van der Waals surface area contributed by atoms with Gasteiger partial charge in [0.1, 0.15) is 0 Å². The lowest BCUT2D eigenvalue weighted by Gasteiger charge is -2.41. The largest absolute Gasteiger partial charge is 0.345 e. The normalized spacial score (nSPS) is 19.5. The van der Waals surface area contributed by atoms with E-state index in [1.807, 2.05) is 61.3 Å². The van der Waals surface area contributed by atoms with Crippen LogP contribution in [0.2, 0.25) is 5.02 Å². The second kappa shape index (κ2) is 9.20. The van der Waals surface area contributed by atoms with E-state index >= 15 is 0 Å². The van der Waals surface area contributed by atoms with Gasteiger partial charge in [-0.3, -0.25) is 14.6 Å². The smallest absolute Gasteiger partial charge is 0.227 e. The summed E-state index contributed by atoms with van der Waals surface area (Å²) in [5.41, 5.74) is 1.88. The average Bonchev–Trinajstić information content (AvgIpc) is 2.72. The van der Waals surface area contributed by atoms with Crippen molar-refractivity contribution in [3.8, 4) is 0 Å². The molecule has 1 saturated heterocycles. The highest BCUT2D eigenvalue weighted by Gasteiger charge is 2.40. The summed E-state index contributed by atoms with van der Waals surface area (Å²) in [4.78, 5) is 33.7. The van der Waals surface area contributed by atoms with Crippen LogP contribution in [0.5, 0.6) is 0 Å². The molecule has 5 nitrogen and oxygen atoms in total. The molecule has 28 heavy (non-hydrogen) atoms. The predicted molar refractivity (Wildman–Crippen MR) is 110 cm³/mol. The minimum atomic E-state index is -0.283. The number of halogens is 1. The van der Waals surface area contributed by atoms with Gasteiger partial charge in [0.15, 0.2) is 0 Å². The molecule has 1 aromatic heterocycles. The van der Waals surface area contributed by atoms with E-state index in [1.165, 1.54) is 0 Å². The van der Waals surface area contributed by atoms with Crippen molar-refractivity contribution < 1.29 is 9.59 Å². The number of rotatable bonds is 6. The summed E-state index contributed by atoms with van der Waals surface area (Å²) in [5, 5.41) is 0.612. The van der Waals surface area contributed by atoms with Crippen molar-refractivity contribution in [2.24, 2.45) is 5.92 Å². The molecule has 1 fully saturated rings. The maximum absolute atomic E-state index is 13.3. The molecule has 0 radical (unpaired) electrons. The molecule has 0 aliphatic carbocycles. The van der Waals surface area contributed by atoms with Crippen LogP contribution in [0.4, 0.5) is 0 Å². The van der Waals surface area contributed by atoms with Crippen molar-refractivity contribution in [1.29, 1.82) is 0 Å². The minimum Gasteiger partial charge on any atom is -0.345 e. The number of aromatic nitrogens is 1. The Labute approximate surface area is 171 Å². The van der Waals surface area contributed by atoms with Gasteiger partial charge >= 0.3 is 0 Å². The maximum atomic E-state index is 13.3. The van der Waals surface area contributed by atoms with Gasteiger partial charge in [-0.05, 0) is 43.2 Å². The highest BCUT2D eigenvalue weighted by atomic mass is 35.5. The van der Waals surface area contributed by atoms with E-state index in [4.69, 9.17) is 11.6 Å². The van der Waals surface area contributed by atoms with Crippen LogP contribution in [0.1, 0.15) is 37.1 Å². The van der Waals surface area contributed by atoms with Gasteiger partial charge in [0.2, 0.25) is 11.8 Å². The van der Waals surface area contributed by atoms with E-state index in [9.17, 15) is 9.59 Å². The number of pyridine rings is 1. The van der Waals surface area contributed by atoms with Crippen molar-refractivity contribution in [1.82, 2.24) is 14.8 Å². The Morgan fingerprint density at radius 2 is 2.11 bits per heavy atom. The average molecular weight is 400 g/mol. The van der Waals surface area contributed by atoms with E-state index < -0.39 is 0 Å². The molecule has 0 saturated carbocycles. The van der Waals surface area contributed by atoms with Crippen LogP contribution in [-0.4, -0.2) is 46.7 Å². The molecule has 2 aromatic rings. The summed E-state index contributed by atoms with van der Waals surface area (Å²) < 4.78 is 0. The van der Waals surface area contributed by atoms with Crippen molar-refractivity contribution in [3.63, 3.8) is 0 Å². The second-order valence-electron chi connectivity index (χ2n) is 7.16. The SMILES string of the molecule is CCN1C(=O)CC[C@@H](C(=O)N(C)CCc2ccccn2)[C@@H]1c1cccc(Cl)c1. The first kappa shape index (κ1) is 20.3. The molecule has 1 aliphatic heterocycles. The number of carbonyl (C=O) groups is 2. The molecule has 0 bridgehead atoms. The fourth-order valence-electron chi connectivity index (χ4n) is 3.91. The van der Waals surface area contributed by atoms with Gasteiger partial charge in [0.25, 0.3) is 0 Å². The van der Waals surface area contributed by atoms with Crippen LogP contribution in [0.25, 0.3) is 0 Å². The molecule has 0 unspecified atom stereocenters. The molecule has 6 heteroatoms. The van der Waals surface area contributed by atoms with Crippen LogP contribution in [0, 0.1) is 5.92 Å². The minimum absolute atomic E-state index is 0.0619. The lowest BCUT2D eigenvalue weighted by molar-refractivity contribution is -0.147. The molecule has 1 aliphatic rings. The molecule has 2 amide bonds. The monoisotopic (exact) mass is 399 g/mol. The topological polar surface area (TPSA) is 53.5 Å². The zero-order valence-electron chi connectivity index (χ0n) is 16.3. The summed E-state index contributed by atoms with van der Waals surface area (Å²) in [5.74, 6) is -0.121. The Hall–Kier alpha value is -2.40. The van der Waals surface area contributed by atoms with Crippen LogP contribution in [0.3, 0.4) is 0 Å². The van der Waals surface area contributed by atoms with Gasteiger partial charge in [-0.2, -0.15) is 0 Å². The molecule has 2 heterocycles. The summed E-state index contributed by atoms with van der Waals surface area (Å²) in [7, 11) is 1.83. The Morgan fingerprint density at radius 1 is 1.29 bits per heavy atom. The number of hydrogen-bond acceptors (Lipinski definition) is 3. The molecule has 148 valence electrons. The first-order chi connectivity index (χ1) is 13.5. The Balaban J connectivity index is 1.80. The highest BCUT2D eigenvalue weighted by molar-refractivity contribution is 6.30. The van der Waals surface area contributed by atoms with Gasteiger partial charge < -0.3 is 9.80 Å². The molecule has 0 N–H and O–H groups in total. The number of nitrogens with zero attached hydrogens (tertiary/aromatic N) is 3. The summed E-state index contributed by atoms with van der Waals surface area (Å²) in [6.45, 7) is 3.11. The zero-order chi connectivity index (χ0) is 20.1. The number of hydrogen-bond donors (Lipinski definition) is 0. The van der Waals surface area contributed by atoms with E-state index in [2.05, 4.69) is 4.98 Å². The molecule has 2 atom stereocenters. The standard InChI is InChI=1S/C22H26ClN3O2/c1-3-26-20(27)11-10-19(21(26)16-7-6-8-17(23)15-16)22(28)25(2)14-12-18-9-4-5-13-24-18/h4-9,13,15,19,21H,3,10-12,14H2,1-2H3/t19-,21+/m1/s1. The lowest BCUT2D eigenvalue weighted by Crippen LogP contribution is -2.48. The molecule has 0 spiro atoms. The fraction of sp³-hybridized carbons (Fsp3) is 0.409. The van der Waals surface area contributed by atoms with Gasteiger partial charge in [0.05, 0.1) is 12.0 Å². The number of piperidine rings is 1. The van der Waals surface area contributed by atoms with Crippen molar-refractivity contribution in [2.45, 2.75) is 32.2 Å². The quantitative estimate of drug-likeness (QED) is 0.743. The van der Waals surface area contributed by atoms with Gasteiger partial charge in [0, 0.05) is 49.9 Å². The fourth-order valence-corrected chi connectivity index (χ4v) is 4.11. The van der Waals surface area contributed by atoms with Crippen LogP contribution >= 0.6 is 11.6 Å². The van der Waals surface area contributed by atoms with Crippen LogP contribution in [0.15, 0.2) is 48.7 Å². The summed E-state index contributed by atoms with van der Waals surface area (Å²) in [6, 6.07) is 13.0. The predicted octanol–water partition coefficient (Wildman–Crippen LogP) is 3.74. The van der Waals surface area contributed by atoms with Crippen molar-refractivity contribution in [3.05, 3.63) is 64.9 Å². The number of carbonyl (C=O) groups excluding carboxylic acids is 2. The second-order valence-corrected chi connectivity index (χ2v) is 7.59. The number of likely N-dealkylation sites (N-methyl/N-ethyl adjacent to an activating group) is 1. The van der Waals surface area contributed by atoms with Gasteiger partial charge in [-0.15, -0.1) is 0 Å². The first-order valence-corrected chi connectivity index (χ1v) is 10.1. The maximum Gasteiger partial charge on any atom is 0.227 e. The third-order valence-corrected chi connectivity index (χ3v) is 5.60. The third-order valence-electron chi connectivity index (χ3n) is 5.36. The van der Waals surface area contributed by atoms with Gasteiger partial charge in [-0.1, -0.05) is 29.8 Å².